The van der Waals surface area contributed by atoms with Gasteiger partial charge in [0.15, 0.2) is 5.60 Å². The maximum absolute atomic E-state index is 11.7. The van der Waals surface area contributed by atoms with Gasteiger partial charge < -0.3 is 15.5 Å². The fraction of sp³-hybridized carbons (Fsp3) is 0.300. The highest BCUT2D eigenvalue weighted by Gasteiger charge is 2.31. The Kier molecular flexibility index (Phi) is 4.98. The Morgan fingerprint density at radius 2 is 1.95 bits per heavy atom. The largest absolute Gasteiger partial charge is 0.479 e. The van der Waals surface area contributed by atoms with Crippen molar-refractivity contribution >= 4 is 46.7 Å². The number of halogens is 3. The molecule has 1 unspecified atom stereocenters. The molecule has 0 aliphatic carbocycles. The minimum absolute atomic E-state index is 0.0338. The lowest BCUT2D eigenvalue weighted by Gasteiger charge is -2.18. The van der Waals surface area contributed by atoms with E-state index in [1.807, 2.05) is 0 Å². The van der Waals surface area contributed by atoms with Crippen LogP contribution in [0.1, 0.15) is 17.4 Å². The van der Waals surface area contributed by atoms with Crippen LogP contribution < -0.4 is 5.32 Å². The van der Waals surface area contributed by atoms with Crippen molar-refractivity contribution in [2.45, 2.75) is 12.5 Å². The zero-order chi connectivity index (χ0) is 14.8. The molecule has 0 saturated heterocycles. The molecule has 1 heterocycles. The summed E-state index contributed by atoms with van der Waals surface area (Å²) in [6.45, 7) is 0.527. The molecule has 0 aromatic carbocycles. The van der Waals surface area contributed by atoms with Gasteiger partial charge in [0.2, 0.25) is 0 Å². The van der Waals surface area contributed by atoms with Crippen LogP contribution in [0.5, 0.6) is 0 Å². The highest BCUT2D eigenvalue weighted by Crippen LogP contribution is 2.30. The van der Waals surface area contributed by atoms with Crippen molar-refractivity contribution < 1.29 is 19.8 Å². The Balaban J connectivity index is 2.86. The van der Waals surface area contributed by atoms with Gasteiger partial charge in [-0.05, 0) is 6.92 Å². The zero-order valence-electron chi connectivity index (χ0n) is 9.58. The lowest BCUT2D eigenvalue weighted by atomic mass is 10.1. The number of nitrogens with zero attached hydrogens (tertiary/aromatic N) is 1. The smallest absolute Gasteiger partial charge is 0.337 e. The Labute approximate surface area is 123 Å². The third kappa shape index (κ3) is 3.70. The topological polar surface area (TPSA) is 99.5 Å². The van der Waals surface area contributed by atoms with Crippen molar-refractivity contribution in [2.24, 2.45) is 0 Å². The molecular weight excluding hydrogens is 318 g/mol. The maximum Gasteiger partial charge on any atom is 0.337 e. The van der Waals surface area contributed by atoms with E-state index < -0.39 is 24.0 Å². The first-order valence-electron chi connectivity index (χ1n) is 4.90. The molecule has 6 nitrogen and oxygen atoms in total. The molecule has 1 aromatic rings. The summed E-state index contributed by atoms with van der Waals surface area (Å²) in [5.74, 6) is -2.24. The average molecular weight is 328 g/mol. The summed E-state index contributed by atoms with van der Waals surface area (Å²) in [5.41, 5.74) is -2.31. The predicted octanol–water partition coefficient (Wildman–Crippen LogP) is 1.61. The number of aliphatic carboxylic acids is 1. The standard InChI is InChI=1S/C10H9Cl3N2O4/c1-10(19,9(17)18)3-15-8(16)7-6(13)5(12)4(11)2-14-7/h2,19H,3H2,1H3,(H,15,16)(H,17,18). The minimum Gasteiger partial charge on any atom is -0.479 e. The molecule has 19 heavy (non-hydrogen) atoms. The van der Waals surface area contributed by atoms with Crippen molar-refractivity contribution in [3.8, 4) is 0 Å². The molecule has 0 bridgehead atoms. The van der Waals surface area contributed by atoms with Crippen molar-refractivity contribution in [1.82, 2.24) is 10.3 Å². The van der Waals surface area contributed by atoms with Gasteiger partial charge in [0, 0.05) is 6.20 Å². The van der Waals surface area contributed by atoms with E-state index in [2.05, 4.69) is 10.3 Å². The van der Waals surface area contributed by atoms with E-state index in [0.717, 1.165) is 13.1 Å². The molecule has 1 rings (SSSR count). The number of carboxylic acid groups (broad SMARTS) is 1. The summed E-state index contributed by atoms with van der Waals surface area (Å²) < 4.78 is 0. The first-order chi connectivity index (χ1) is 8.66. The third-order valence-corrected chi connectivity index (χ3v) is 3.43. The number of carbonyl (C=O) groups is 2. The number of hydrogen-bond donors (Lipinski definition) is 3. The Morgan fingerprint density at radius 1 is 1.37 bits per heavy atom. The monoisotopic (exact) mass is 326 g/mol. The van der Waals surface area contributed by atoms with Gasteiger partial charge in [-0.2, -0.15) is 0 Å². The molecule has 1 aromatic heterocycles. The summed E-state index contributed by atoms with van der Waals surface area (Å²) in [6, 6.07) is 0. The van der Waals surface area contributed by atoms with Gasteiger partial charge >= 0.3 is 5.97 Å². The van der Waals surface area contributed by atoms with E-state index >= 15 is 0 Å². The van der Waals surface area contributed by atoms with Crippen LogP contribution >= 0.6 is 34.8 Å². The summed E-state index contributed by atoms with van der Waals surface area (Å²) in [7, 11) is 0. The van der Waals surface area contributed by atoms with Crippen LogP contribution in [0.3, 0.4) is 0 Å². The number of aromatic nitrogens is 1. The van der Waals surface area contributed by atoms with Crippen molar-refractivity contribution in [3.63, 3.8) is 0 Å². The molecule has 0 spiro atoms. The second-order valence-electron chi connectivity index (χ2n) is 3.84. The minimum atomic E-state index is -2.10. The van der Waals surface area contributed by atoms with E-state index in [1.54, 1.807) is 0 Å². The van der Waals surface area contributed by atoms with Crippen molar-refractivity contribution in [2.75, 3.05) is 6.54 Å². The summed E-state index contributed by atoms with van der Waals surface area (Å²) in [6.07, 6.45) is 1.14. The quantitative estimate of drug-likeness (QED) is 0.780. The molecule has 3 N–H and O–H groups in total. The van der Waals surface area contributed by atoms with Crippen LogP contribution in [-0.2, 0) is 4.79 Å². The molecule has 0 radical (unpaired) electrons. The van der Waals surface area contributed by atoms with Crippen LogP contribution in [-0.4, -0.2) is 39.2 Å². The third-order valence-electron chi connectivity index (χ3n) is 2.19. The summed E-state index contributed by atoms with van der Waals surface area (Å²) >= 11 is 17.2. The lowest BCUT2D eigenvalue weighted by molar-refractivity contribution is -0.155. The van der Waals surface area contributed by atoms with Gasteiger partial charge in [0.25, 0.3) is 5.91 Å². The molecule has 0 saturated carbocycles. The van der Waals surface area contributed by atoms with Gasteiger partial charge in [-0.25, -0.2) is 9.78 Å². The van der Waals surface area contributed by atoms with E-state index in [4.69, 9.17) is 39.9 Å². The van der Waals surface area contributed by atoms with Gasteiger partial charge in [0.05, 0.1) is 21.6 Å². The van der Waals surface area contributed by atoms with E-state index in [-0.39, 0.29) is 20.8 Å². The molecule has 0 aliphatic rings. The Bertz CT molecular complexity index is 534. The average Bonchev–Trinajstić information content (AvgIpc) is 2.33. The molecule has 1 amide bonds. The number of hydrogen-bond acceptors (Lipinski definition) is 4. The van der Waals surface area contributed by atoms with Crippen LogP contribution in [0.2, 0.25) is 15.1 Å². The Hall–Kier alpha value is -1.08. The molecule has 1 atom stereocenters. The van der Waals surface area contributed by atoms with Crippen LogP contribution in [0, 0.1) is 0 Å². The van der Waals surface area contributed by atoms with Crippen molar-refractivity contribution in [1.29, 1.82) is 0 Å². The highest BCUT2D eigenvalue weighted by molar-refractivity contribution is 6.48. The normalized spacial score (nSPS) is 13.7. The number of amides is 1. The number of carboxylic acids is 1. The molecular formula is C10H9Cl3N2O4. The van der Waals surface area contributed by atoms with E-state index in [1.165, 1.54) is 0 Å². The van der Waals surface area contributed by atoms with Gasteiger partial charge in [0.1, 0.15) is 5.69 Å². The van der Waals surface area contributed by atoms with Gasteiger partial charge in [-0.3, -0.25) is 4.79 Å². The second-order valence-corrected chi connectivity index (χ2v) is 5.01. The molecule has 0 fully saturated rings. The summed E-state index contributed by atoms with van der Waals surface area (Å²) in [4.78, 5) is 26.1. The number of aliphatic hydroxyl groups is 1. The van der Waals surface area contributed by atoms with E-state index in [9.17, 15) is 14.7 Å². The predicted molar refractivity (Wildman–Crippen MR) is 69.9 cm³/mol. The molecule has 104 valence electrons. The second kappa shape index (κ2) is 5.92. The van der Waals surface area contributed by atoms with Crippen LogP contribution in [0.15, 0.2) is 6.20 Å². The van der Waals surface area contributed by atoms with Gasteiger partial charge in [-0.1, -0.05) is 34.8 Å². The number of carbonyl (C=O) groups excluding carboxylic acids is 1. The highest BCUT2D eigenvalue weighted by atomic mass is 35.5. The molecule has 0 aliphatic heterocycles. The number of pyridine rings is 1. The fourth-order valence-corrected chi connectivity index (χ4v) is 1.58. The van der Waals surface area contributed by atoms with E-state index in [0.29, 0.717) is 0 Å². The van der Waals surface area contributed by atoms with Crippen LogP contribution in [0.4, 0.5) is 0 Å². The first-order valence-corrected chi connectivity index (χ1v) is 6.03. The number of nitrogens with one attached hydrogen (secondary N) is 1. The molecule has 9 heteroatoms. The lowest BCUT2D eigenvalue weighted by Crippen LogP contribution is -2.46. The maximum atomic E-state index is 11.7. The zero-order valence-corrected chi connectivity index (χ0v) is 11.8. The van der Waals surface area contributed by atoms with Crippen molar-refractivity contribution in [3.05, 3.63) is 27.0 Å². The van der Waals surface area contributed by atoms with Crippen LogP contribution in [0.25, 0.3) is 0 Å². The van der Waals surface area contributed by atoms with Gasteiger partial charge in [-0.15, -0.1) is 0 Å². The SMILES string of the molecule is CC(O)(CNC(=O)c1ncc(Cl)c(Cl)c1Cl)C(=O)O. The number of rotatable bonds is 4. The fourth-order valence-electron chi connectivity index (χ4n) is 1.01. The Morgan fingerprint density at radius 3 is 2.47 bits per heavy atom. The summed E-state index contributed by atoms with van der Waals surface area (Å²) in [5, 5.41) is 20.2. The first kappa shape index (κ1) is 16.0.